The first-order chi connectivity index (χ1) is 41.9. The molecule has 2 amide bonds. The molecule has 18 nitrogen and oxygen atoms in total. The molecule has 2 fully saturated rings. The molecule has 10 rings (SSSR count). The Balaban J connectivity index is 0.000000208. The zero-order valence-electron chi connectivity index (χ0n) is 51.9. The topological polar surface area (TPSA) is 178 Å². The molecule has 0 radical (unpaired) electrons. The van der Waals surface area contributed by atoms with Crippen LogP contribution in [-0.4, -0.2) is 140 Å². The second kappa shape index (κ2) is 28.8. The van der Waals surface area contributed by atoms with Crippen LogP contribution >= 0.6 is 0 Å². The number of ether oxygens (including phenoxy) is 4. The normalized spacial score (nSPS) is 14.5. The lowest BCUT2D eigenvalue weighted by Gasteiger charge is -2.38. The number of fused-ring (bicyclic) bond motifs is 2. The first-order valence-electron chi connectivity index (χ1n) is 30.3. The van der Waals surface area contributed by atoms with E-state index in [1.54, 1.807) is 15.2 Å². The number of nitrogens with zero attached hydrogens (tertiary/aromatic N) is 8. The summed E-state index contributed by atoms with van der Waals surface area (Å²) in [5, 5.41) is 8.05. The standard InChI is InChI=1S/C35H43N5O4.C34H41N5O4/c1-6-43-31-14-10-9-13-30(31)40-33(37-29-12-8-7-11-28(29)34(40)42)25(2)38-19-21-39(22-20-38)32(41)24-44-27-17-15-26(16-18-27)23-36-35(3,4)5;1-5-42-30-13-9-8-12-29(30)39-31(36-28-11-7-6-10-27(28)33(39)41)23-37-18-20-38(21-19-37)32(40)24-43-26-16-14-25(15-17-26)22-35-34(2,3)4/h7-18,25,36H,6,19-24H2,1-5H3;6-17,35H,5,18-24H2,1-4H3. The molecule has 0 bridgehead atoms. The van der Waals surface area contributed by atoms with Gasteiger partial charge in [0.15, 0.2) is 13.2 Å². The van der Waals surface area contributed by atoms with Gasteiger partial charge in [0.1, 0.15) is 34.6 Å². The SMILES string of the molecule is CCOc1ccccc1-n1c(C(C)N2CCN(C(=O)COc3ccc(CNC(C)(C)C)cc3)CC2)nc2ccccc2c1=O.CCOc1ccccc1-n1c(CN2CCN(C(=O)COc3ccc(CNC(C)(C)C)cc3)CC2)nc2ccccc2c1=O. The first kappa shape index (κ1) is 63.1. The Bertz CT molecular complexity index is 3730. The van der Waals surface area contributed by atoms with Crippen LogP contribution in [0.1, 0.15) is 91.1 Å². The van der Waals surface area contributed by atoms with Crippen LogP contribution in [0, 0.1) is 0 Å². The summed E-state index contributed by atoms with van der Waals surface area (Å²) in [6.07, 6.45) is 0. The van der Waals surface area contributed by atoms with Crippen LogP contribution in [0.5, 0.6) is 23.0 Å². The summed E-state index contributed by atoms with van der Waals surface area (Å²) in [5.41, 5.74) is 4.83. The Morgan fingerprint density at radius 2 is 0.920 bits per heavy atom. The molecule has 2 N–H and O–H groups in total. The highest BCUT2D eigenvalue weighted by Gasteiger charge is 2.30. The highest BCUT2D eigenvalue weighted by molar-refractivity contribution is 5.80. The van der Waals surface area contributed by atoms with Crippen LogP contribution in [0.25, 0.3) is 33.2 Å². The van der Waals surface area contributed by atoms with Gasteiger partial charge in [-0.3, -0.25) is 38.1 Å². The van der Waals surface area contributed by atoms with E-state index in [4.69, 9.17) is 28.9 Å². The lowest BCUT2D eigenvalue weighted by atomic mass is 10.1. The molecule has 2 aliphatic rings. The summed E-state index contributed by atoms with van der Waals surface area (Å²) >= 11 is 0. The van der Waals surface area contributed by atoms with Crippen molar-refractivity contribution in [3.05, 3.63) is 189 Å². The summed E-state index contributed by atoms with van der Waals surface area (Å²) in [4.78, 5) is 71.7. The zero-order chi connectivity index (χ0) is 61.7. The third-order valence-electron chi connectivity index (χ3n) is 15.4. The molecule has 0 saturated carbocycles. The molecule has 0 aliphatic carbocycles. The van der Waals surface area contributed by atoms with E-state index >= 15 is 0 Å². The van der Waals surface area contributed by atoms with E-state index in [1.165, 1.54) is 0 Å². The van der Waals surface area contributed by atoms with Gasteiger partial charge in [-0.1, -0.05) is 72.8 Å². The average Bonchev–Trinajstić information content (AvgIpc) is 1.11. The maximum atomic E-state index is 13.9. The van der Waals surface area contributed by atoms with Crippen LogP contribution < -0.4 is 40.7 Å². The highest BCUT2D eigenvalue weighted by Crippen LogP contribution is 2.29. The van der Waals surface area contributed by atoms with E-state index in [0.29, 0.717) is 140 Å². The average molecular weight is 1180 g/mol. The van der Waals surface area contributed by atoms with Gasteiger partial charge in [-0.05, 0) is 146 Å². The Morgan fingerprint density at radius 1 is 0.506 bits per heavy atom. The van der Waals surface area contributed by atoms with Gasteiger partial charge < -0.3 is 39.4 Å². The van der Waals surface area contributed by atoms with Gasteiger partial charge in [0.2, 0.25) is 0 Å². The second-order valence-corrected chi connectivity index (χ2v) is 23.9. The van der Waals surface area contributed by atoms with Gasteiger partial charge in [0, 0.05) is 76.5 Å². The van der Waals surface area contributed by atoms with E-state index in [1.807, 2.05) is 163 Å². The summed E-state index contributed by atoms with van der Waals surface area (Å²) in [6, 6.07) is 45.5. The maximum Gasteiger partial charge on any atom is 0.266 e. The summed E-state index contributed by atoms with van der Waals surface area (Å²) in [5.74, 6) is 3.83. The summed E-state index contributed by atoms with van der Waals surface area (Å²) < 4.78 is 26.8. The maximum absolute atomic E-state index is 13.9. The minimum atomic E-state index is -0.179. The fraction of sp³-hybridized carbons (Fsp3) is 0.391. The van der Waals surface area contributed by atoms with Crippen molar-refractivity contribution in [3.63, 3.8) is 0 Å². The van der Waals surface area contributed by atoms with Gasteiger partial charge in [0.25, 0.3) is 22.9 Å². The fourth-order valence-corrected chi connectivity index (χ4v) is 10.5. The molecule has 2 aliphatic heterocycles. The fourth-order valence-electron chi connectivity index (χ4n) is 10.5. The van der Waals surface area contributed by atoms with Crippen LogP contribution in [0.3, 0.4) is 0 Å². The minimum Gasteiger partial charge on any atom is -0.492 e. The van der Waals surface area contributed by atoms with Gasteiger partial charge in [-0.25, -0.2) is 9.97 Å². The Labute approximate surface area is 510 Å². The van der Waals surface area contributed by atoms with Crippen molar-refractivity contribution in [2.24, 2.45) is 0 Å². The monoisotopic (exact) mass is 1180 g/mol. The van der Waals surface area contributed by atoms with Crippen molar-refractivity contribution in [2.75, 3.05) is 78.8 Å². The highest BCUT2D eigenvalue weighted by atomic mass is 16.5. The molecule has 18 heteroatoms. The van der Waals surface area contributed by atoms with Crippen molar-refractivity contribution in [1.29, 1.82) is 0 Å². The van der Waals surface area contributed by atoms with E-state index in [-0.39, 0.29) is 53.3 Å². The van der Waals surface area contributed by atoms with E-state index in [9.17, 15) is 19.2 Å². The van der Waals surface area contributed by atoms with Crippen LogP contribution in [-0.2, 0) is 29.2 Å². The van der Waals surface area contributed by atoms with Crippen LogP contribution in [0.4, 0.5) is 0 Å². The quantitative estimate of drug-likeness (QED) is 0.0738. The predicted octanol–water partition coefficient (Wildman–Crippen LogP) is 9.35. The molecule has 8 aromatic rings. The number of benzene rings is 6. The molecule has 0 spiro atoms. The summed E-state index contributed by atoms with van der Waals surface area (Å²) in [7, 11) is 0. The van der Waals surface area contributed by atoms with E-state index in [0.717, 1.165) is 24.2 Å². The number of hydrogen-bond acceptors (Lipinski definition) is 14. The molecular formula is C69H84N10O8. The Kier molecular flexibility index (Phi) is 20.9. The molecular weight excluding hydrogens is 1100 g/mol. The Hall–Kier alpha value is -8.42. The van der Waals surface area contributed by atoms with Crippen molar-refractivity contribution in [2.45, 2.75) is 99.1 Å². The largest absolute Gasteiger partial charge is 0.492 e. The molecule has 1 unspecified atom stereocenters. The first-order valence-corrected chi connectivity index (χ1v) is 30.3. The zero-order valence-corrected chi connectivity index (χ0v) is 51.9. The van der Waals surface area contributed by atoms with Crippen molar-refractivity contribution in [1.82, 2.24) is 49.3 Å². The third kappa shape index (κ3) is 16.6. The molecule has 1 atom stereocenters. The third-order valence-corrected chi connectivity index (χ3v) is 15.4. The number of rotatable bonds is 20. The summed E-state index contributed by atoms with van der Waals surface area (Å²) in [6.45, 7) is 26.6. The van der Waals surface area contributed by atoms with Crippen molar-refractivity contribution < 1.29 is 28.5 Å². The van der Waals surface area contributed by atoms with E-state index in [2.05, 4.69) is 68.9 Å². The number of piperazine rings is 2. The number of carbonyl (C=O) groups is 2. The van der Waals surface area contributed by atoms with Gasteiger partial charge in [0.05, 0.1) is 59.0 Å². The Morgan fingerprint density at radius 3 is 1.39 bits per heavy atom. The van der Waals surface area contributed by atoms with Gasteiger partial charge >= 0.3 is 0 Å². The van der Waals surface area contributed by atoms with Gasteiger partial charge in [-0.15, -0.1) is 0 Å². The molecule has 2 aromatic heterocycles. The molecule has 2 saturated heterocycles. The van der Waals surface area contributed by atoms with Crippen LogP contribution in [0.15, 0.2) is 155 Å². The number of para-hydroxylation sites is 6. The van der Waals surface area contributed by atoms with Crippen LogP contribution in [0.2, 0.25) is 0 Å². The lowest BCUT2D eigenvalue weighted by molar-refractivity contribution is -0.136. The molecule has 4 heterocycles. The number of amides is 2. The molecule has 87 heavy (non-hydrogen) atoms. The number of nitrogens with one attached hydrogen (secondary N) is 2. The number of carbonyl (C=O) groups excluding carboxylic acids is 2. The molecule has 6 aromatic carbocycles. The van der Waals surface area contributed by atoms with Crippen molar-refractivity contribution in [3.8, 4) is 34.4 Å². The number of hydrogen-bond donors (Lipinski definition) is 2. The predicted molar refractivity (Wildman–Crippen MR) is 343 cm³/mol. The smallest absolute Gasteiger partial charge is 0.266 e. The lowest BCUT2D eigenvalue weighted by Crippen LogP contribution is -2.51. The number of aromatic nitrogens is 4. The van der Waals surface area contributed by atoms with E-state index < -0.39 is 0 Å². The molecule has 458 valence electrons. The minimum absolute atomic E-state index is 0.000424. The second-order valence-electron chi connectivity index (χ2n) is 23.9. The van der Waals surface area contributed by atoms with Gasteiger partial charge in [-0.2, -0.15) is 0 Å². The van der Waals surface area contributed by atoms with Crippen molar-refractivity contribution >= 4 is 33.6 Å².